The zero-order valence-electron chi connectivity index (χ0n) is 11.9. The van der Waals surface area contributed by atoms with Crippen molar-refractivity contribution >= 4 is 0 Å². The number of hydrogen-bond acceptors (Lipinski definition) is 4. The average Bonchev–Trinajstić information content (AvgIpc) is 2.83. The van der Waals surface area contributed by atoms with E-state index in [-0.39, 0.29) is 32.7 Å². The molecule has 0 N–H and O–H groups in total. The third kappa shape index (κ3) is 4.11. The smallest absolute Gasteiger partial charge is 0.472 e. The Bertz CT molecular complexity index is 522. The molecule has 0 atom stereocenters. The van der Waals surface area contributed by atoms with Gasteiger partial charge in [0.1, 0.15) is 0 Å². The number of aromatic nitrogens is 2. The molecule has 4 nitrogen and oxygen atoms in total. The predicted octanol–water partition coefficient (Wildman–Crippen LogP) is 2.07. The summed E-state index contributed by atoms with van der Waals surface area (Å²) in [5.74, 6) is 0.831. The van der Waals surface area contributed by atoms with Crippen LogP contribution in [0.2, 0.25) is 0 Å². The third-order valence-corrected chi connectivity index (χ3v) is 3.48. The summed E-state index contributed by atoms with van der Waals surface area (Å²) >= 11 is 0. The van der Waals surface area contributed by atoms with Gasteiger partial charge in [-0.15, -0.1) is 0 Å². The summed E-state index contributed by atoms with van der Waals surface area (Å²) in [4.78, 5) is 12.7. The summed E-state index contributed by atoms with van der Waals surface area (Å²) in [7, 11) is 0. The SMILES string of the molecule is [CH-]=C1N(Cc2cccnc2)CCN1Cc1cccnc1.[Y+3]. The molecule has 1 aliphatic rings. The molecule has 2 aromatic heterocycles. The van der Waals surface area contributed by atoms with E-state index in [1.165, 1.54) is 11.1 Å². The minimum Gasteiger partial charge on any atom is -0.472 e. The predicted molar refractivity (Wildman–Crippen MR) is 77.1 cm³/mol. The molecule has 0 aliphatic carbocycles. The first kappa shape index (κ1) is 16.1. The first-order chi connectivity index (χ1) is 9.83. The Morgan fingerprint density at radius 3 is 1.76 bits per heavy atom. The summed E-state index contributed by atoms with van der Waals surface area (Å²) < 4.78 is 0. The van der Waals surface area contributed by atoms with Crippen LogP contribution in [0, 0.1) is 6.58 Å². The largest absolute Gasteiger partial charge is 3.00 e. The minimum atomic E-state index is 0. The van der Waals surface area contributed by atoms with E-state index in [1.54, 1.807) is 12.4 Å². The Hall–Kier alpha value is -1.26. The first-order valence-electron chi connectivity index (χ1n) is 6.73. The standard InChI is InChI=1S/C16H17N4.Y/c1-14-19(12-15-4-2-6-17-10-15)8-9-20(14)13-16-5-3-7-18-11-16;/h1-7,10-11H,8-9,12-13H2;/q-1;+3. The van der Waals surface area contributed by atoms with Crippen molar-refractivity contribution < 1.29 is 32.7 Å². The van der Waals surface area contributed by atoms with Crippen LogP contribution in [0.25, 0.3) is 0 Å². The molecular formula is C16H17N4Y+2. The zero-order chi connectivity index (χ0) is 13.8. The second-order valence-electron chi connectivity index (χ2n) is 4.92. The van der Waals surface area contributed by atoms with Gasteiger partial charge in [-0.3, -0.25) is 9.97 Å². The van der Waals surface area contributed by atoms with Crippen molar-refractivity contribution in [2.75, 3.05) is 13.1 Å². The molecule has 0 aromatic carbocycles. The van der Waals surface area contributed by atoms with Gasteiger partial charge in [0.25, 0.3) is 0 Å². The molecule has 0 saturated carbocycles. The van der Waals surface area contributed by atoms with Crippen molar-refractivity contribution in [3.05, 3.63) is 72.6 Å². The van der Waals surface area contributed by atoms with E-state index in [4.69, 9.17) is 6.58 Å². The van der Waals surface area contributed by atoms with Gasteiger partial charge in [0.15, 0.2) is 0 Å². The van der Waals surface area contributed by atoms with Crippen LogP contribution in [0.1, 0.15) is 11.1 Å². The van der Waals surface area contributed by atoms with Crippen molar-refractivity contribution in [3.63, 3.8) is 0 Å². The van der Waals surface area contributed by atoms with E-state index in [0.717, 1.165) is 32.0 Å². The molecule has 1 aliphatic heterocycles. The van der Waals surface area contributed by atoms with E-state index in [0.29, 0.717) is 0 Å². The topological polar surface area (TPSA) is 32.3 Å². The van der Waals surface area contributed by atoms with E-state index < -0.39 is 0 Å². The normalized spacial score (nSPS) is 14.2. The summed E-state index contributed by atoms with van der Waals surface area (Å²) in [5, 5.41) is 0. The molecule has 3 rings (SSSR count). The van der Waals surface area contributed by atoms with E-state index >= 15 is 0 Å². The van der Waals surface area contributed by atoms with Gasteiger partial charge in [-0.05, 0) is 23.3 Å². The molecular weight excluding hydrogens is 337 g/mol. The van der Waals surface area contributed by atoms with Gasteiger partial charge in [0.05, 0.1) is 0 Å². The van der Waals surface area contributed by atoms with Crippen LogP contribution in [-0.4, -0.2) is 32.9 Å². The molecule has 1 fully saturated rings. The van der Waals surface area contributed by atoms with Gasteiger partial charge in [-0.1, -0.05) is 18.0 Å². The third-order valence-electron chi connectivity index (χ3n) is 3.48. The zero-order valence-corrected chi connectivity index (χ0v) is 14.7. The summed E-state index contributed by atoms with van der Waals surface area (Å²) in [5.41, 5.74) is 2.36. The van der Waals surface area contributed by atoms with Crippen LogP contribution in [0.15, 0.2) is 54.9 Å². The van der Waals surface area contributed by atoms with Crippen LogP contribution < -0.4 is 0 Å². The Morgan fingerprint density at radius 2 is 1.38 bits per heavy atom. The van der Waals surface area contributed by atoms with Crippen LogP contribution in [0.4, 0.5) is 0 Å². The first-order valence-corrected chi connectivity index (χ1v) is 6.73. The second kappa shape index (κ2) is 7.67. The van der Waals surface area contributed by atoms with Crippen molar-refractivity contribution in [1.82, 2.24) is 19.8 Å². The molecule has 2 aromatic rings. The summed E-state index contributed by atoms with van der Waals surface area (Å²) in [6.07, 6.45) is 7.35. The average molecular weight is 354 g/mol. The quantitative estimate of drug-likeness (QED) is 0.787. The fourth-order valence-corrected chi connectivity index (χ4v) is 2.41. The second-order valence-corrected chi connectivity index (χ2v) is 4.92. The van der Waals surface area contributed by atoms with Gasteiger partial charge < -0.3 is 16.4 Å². The summed E-state index contributed by atoms with van der Waals surface area (Å²) in [6, 6.07) is 8.05. The number of rotatable bonds is 4. The number of pyridine rings is 2. The number of hydrogen-bond donors (Lipinski definition) is 0. The van der Waals surface area contributed by atoms with E-state index in [9.17, 15) is 0 Å². The molecule has 5 heteroatoms. The molecule has 1 saturated heterocycles. The maximum absolute atomic E-state index is 6.25. The van der Waals surface area contributed by atoms with Crippen molar-refractivity contribution in [2.24, 2.45) is 0 Å². The Balaban J connectivity index is 0.00000161. The molecule has 3 heterocycles. The van der Waals surface area contributed by atoms with Crippen molar-refractivity contribution in [3.8, 4) is 0 Å². The molecule has 0 spiro atoms. The van der Waals surface area contributed by atoms with Crippen LogP contribution in [-0.2, 0) is 45.8 Å². The maximum Gasteiger partial charge on any atom is 3.00 e. The Labute approximate surface area is 150 Å². The monoisotopic (exact) mass is 354 g/mol. The van der Waals surface area contributed by atoms with Gasteiger partial charge >= 0.3 is 32.7 Å². The molecule has 0 unspecified atom stereocenters. The molecule has 0 amide bonds. The van der Waals surface area contributed by atoms with Crippen molar-refractivity contribution in [2.45, 2.75) is 13.1 Å². The molecule has 102 valence electrons. The van der Waals surface area contributed by atoms with Gasteiger partial charge in [-0.2, -0.15) is 0 Å². The van der Waals surface area contributed by atoms with Gasteiger partial charge in [0.2, 0.25) is 0 Å². The van der Waals surface area contributed by atoms with Crippen LogP contribution >= 0.6 is 0 Å². The molecule has 21 heavy (non-hydrogen) atoms. The number of nitrogens with zero attached hydrogens (tertiary/aromatic N) is 4. The fourth-order valence-electron chi connectivity index (χ4n) is 2.41. The van der Waals surface area contributed by atoms with E-state index in [1.807, 2.05) is 24.5 Å². The van der Waals surface area contributed by atoms with E-state index in [2.05, 4.69) is 31.9 Å². The molecule has 0 radical (unpaired) electrons. The van der Waals surface area contributed by atoms with Crippen LogP contribution in [0.3, 0.4) is 0 Å². The Morgan fingerprint density at radius 1 is 0.905 bits per heavy atom. The van der Waals surface area contributed by atoms with Gasteiger partial charge in [-0.25, -0.2) is 0 Å². The Kier molecular flexibility index (Phi) is 5.89. The van der Waals surface area contributed by atoms with Crippen molar-refractivity contribution in [1.29, 1.82) is 0 Å². The molecule has 0 bridgehead atoms. The fraction of sp³-hybridized carbons (Fsp3) is 0.250. The van der Waals surface area contributed by atoms with Gasteiger partial charge in [0, 0.05) is 51.0 Å². The summed E-state index contributed by atoms with van der Waals surface area (Å²) in [6.45, 7) is 9.75. The minimum absolute atomic E-state index is 0. The maximum atomic E-state index is 6.25. The van der Waals surface area contributed by atoms with Crippen LogP contribution in [0.5, 0.6) is 0 Å².